The van der Waals surface area contributed by atoms with Gasteiger partial charge in [0.15, 0.2) is 0 Å². The summed E-state index contributed by atoms with van der Waals surface area (Å²) in [7, 11) is 0. The molecule has 0 atom stereocenters. The third kappa shape index (κ3) is 6.11. The molecule has 0 unspecified atom stereocenters. The Hall–Kier alpha value is -1.75. The number of carbonyl (C=O) groups is 1. The molecule has 1 aliphatic rings. The first kappa shape index (κ1) is 21.9. The van der Waals surface area contributed by atoms with Gasteiger partial charge in [0.1, 0.15) is 24.0 Å². The van der Waals surface area contributed by atoms with Gasteiger partial charge in [-0.2, -0.15) is 5.26 Å². The van der Waals surface area contributed by atoms with Gasteiger partial charge < -0.3 is 10.1 Å². The van der Waals surface area contributed by atoms with Crippen LogP contribution < -0.4 is 10.1 Å². The molecule has 7 heteroatoms. The largest absolute Gasteiger partial charge is 0.488 e. The molecule has 150 valence electrons. The van der Waals surface area contributed by atoms with Gasteiger partial charge in [0.2, 0.25) is 0 Å². The van der Waals surface area contributed by atoms with Crippen molar-refractivity contribution in [2.45, 2.75) is 38.3 Å². The molecule has 0 aliphatic heterocycles. The molecule has 1 fully saturated rings. The van der Waals surface area contributed by atoms with Crippen molar-refractivity contribution in [2.75, 3.05) is 0 Å². The number of halogens is 3. The van der Waals surface area contributed by atoms with Crippen molar-refractivity contribution < 1.29 is 9.53 Å². The fourth-order valence-electron chi connectivity index (χ4n) is 3.16. The normalized spacial score (nSPS) is 14.5. The van der Waals surface area contributed by atoms with E-state index in [1.165, 1.54) is 0 Å². The number of carbonyl (C=O) groups excluding carboxylic acids is 1. The number of nitrogens with zero attached hydrogens (tertiary/aromatic N) is 1. The van der Waals surface area contributed by atoms with Crippen LogP contribution in [-0.2, 0) is 11.4 Å². The lowest BCUT2D eigenvalue weighted by Crippen LogP contribution is -2.33. The highest BCUT2D eigenvalue weighted by Gasteiger charge is 2.19. The number of rotatable bonds is 6. The van der Waals surface area contributed by atoms with Crippen LogP contribution in [0.1, 0.15) is 36.8 Å². The summed E-state index contributed by atoms with van der Waals surface area (Å²) in [6, 6.07) is 13.1. The van der Waals surface area contributed by atoms with E-state index in [-0.39, 0.29) is 17.5 Å². The summed E-state index contributed by atoms with van der Waals surface area (Å²) in [5, 5.41) is 13.3. The van der Waals surface area contributed by atoms with E-state index < -0.39 is 0 Å². The minimum absolute atomic E-state index is 0.108. The fourth-order valence-corrected chi connectivity index (χ4v) is 4.18. The van der Waals surface area contributed by atoms with Gasteiger partial charge in [-0.25, -0.2) is 0 Å². The van der Waals surface area contributed by atoms with Gasteiger partial charge in [-0.3, -0.25) is 4.79 Å². The van der Waals surface area contributed by atoms with Crippen molar-refractivity contribution in [3.8, 4) is 11.8 Å². The van der Waals surface area contributed by atoms with Crippen LogP contribution in [-0.4, -0.2) is 11.9 Å². The molecule has 3 rings (SSSR count). The topological polar surface area (TPSA) is 62.1 Å². The molecule has 0 spiro atoms. The number of nitriles is 1. The highest BCUT2D eigenvalue weighted by Crippen LogP contribution is 2.26. The number of hydrogen-bond acceptors (Lipinski definition) is 3. The Morgan fingerprint density at radius 1 is 1.21 bits per heavy atom. The van der Waals surface area contributed by atoms with Crippen molar-refractivity contribution in [2.24, 2.45) is 0 Å². The molecular weight excluding hydrogens is 522 g/mol. The lowest BCUT2D eigenvalue weighted by atomic mass is 10.1. The molecule has 0 saturated heterocycles. The number of benzene rings is 2. The van der Waals surface area contributed by atoms with Crippen LogP contribution in [0.25, 0.3) is 6.08 Å². The lowest BCUT2D eigenvalue weighted by Gasteiger charge is -2.11. The molecule has 4 nitrogen and oxygen atoms in total. The molecule has 2 aromatic carbocycles. The fraction of sp³-hybridized carbons (Fsp3) is 0.273. The van der Waals surface area contributed by atoms with E-state index in [1.807, 2.05) is 30.3 Å². The zero-order valence-corrected chi connectivity index (χ0v) is 19.2. The SMILES string of the molecule is N#C/C(=C/c1ccc(OCc2ccc(Cl)c(Cl)c2)c(I)c1)C(=O)NC1CCCC1. The van der Waals surface area contributed by atoms with Gasteiger partial charge in [-0.15, -0.1) is 0 Å². The third-order valence-electron chi connectivity index (χ3n) is 4.70. The second-order valence-electron chi connectivity index (χ2n) is 6.85. The highest BCUT2D eigenvalue weighted by molar-refractivity contribution is 14.1. The van der Waals surface area contributed by atoms with Gasteiger partial charge in [0.05, 0.1) is 13.6 Å². The van der Waals surface area contributed by atoms with Crippen LogP contribution in [0.4, 0.5) is 0 Å². The Labute approximate surface area is 194 Å². The van der Waals surface area contributed by atoms with E-state index >= 15 is 0 Å². The summed E-state index contributed by atoms with van der Waals surface area (Å²) in [4.78, 5) is 12.3. The second kappa shape index (κ2) is 10.3. The minimum Gasteiger partial charge on any atom is -0.488 e. The van der Waals surface area contributed by atoms with Crippen LogP contribution in [0, 0.1) is 14.9 Å². The molecule has 1 saturated carbocycles. The van der Waals surface area contributed by atoms with Crippen LogP contribution in [0.5, 0.6) is 5.75 Å². The van der Waals surface area contributed by atoms with Crippen LogP contribution in [0.15, 0.2) is 42.0 Å². The average molecular weight is 541 g/mol. The molecule has 0 radical (unpaired) electrons. The summed E-state index contributed by atoms with van der Waals surface area (Å²) >= 11 is 14.1. The molecule has 2 aromatic rings. The van der Waals surface area contributed by atoms with Gasteiger partial charge >= 0.3 is 0 Å². The van der Waals surface area contributed by atoms with E-state index in [0.29, 0.717) is 22.4 Å². The molecule has 1 amide bonds. The predicted molar refractivity (Wildman–Crippen MR) is 124 cm³/mol. The maximum atomic E-state index is 12.3. The standard InChI is InChI=1S/C22H19Cl2IN2O2/c23-18-7-5-15(10-19(18)24)13-29-21-8-6-14(11-20(21)25)9-16(12-26)22(28)27-17-3-1-2-4-17/h5-11,17H,1-4,13H2,(H,27,28)/b16-9-. The van der Waals surface area contributed by atoms with Crippen LogP contribution in [0.3, 0.4) is 0 Å². The number of nitrogens with one attached hydrogen (secondary N) is 1. The molecule has 0 heterocycles. The minimum atomic E-state index is -0.311. The van der Waals surface area contributed by atoms with Crippen LogP contribution in [0.2, 0.25) is 10.0 Å². The second-order valence-corrected chi connectivity index (χ2v) is 8.83. The quantitative estimate of drug-likeness (QED) is 0.272. The van der Waals surface area contributed by atoms with Crippen molar-refractivity contribution in [1.29, 1.82) is 5.26 Å². The summed E-state index contributed by atoms with van der Waals surface area (Å²) in [5.74, 6) is 0.400. The van der Waals surface area contributed by atoms with Crippen molar-refractivity contribution in [1.82, 2.24) is 5.32 Å². The van der Waals surface area contributed by atoms with Gasteiger partial charge in [-0.1, -0.05) is 48.2 Å². The average Bonchev–Trinajstić information content (AvgIpc) is 3.21. The number of hydrogen-bond donors (Lipinski definition) is 1. The number of ether oxygens (including phenoxy) is 1. The molecule has 0 bridgehead atoms. The summed E-state index contributed by atoms with van der Waals surface area (Å²) < 4.78 is 6.75. The van der Waals surface area contributed by atoms with Crippen LogP contribution >= 0.6 is 45.8 Å². The molecule has 29 heavy (non-hydrogen) atoms. The van der Waals surface area contributed by atoms with E-state index in [0.717, 1.165) is 40.4 Å². The van der Waals surface area contributed by atoms with E-state index in [1.54, 1.807) is 18.2 Å². The van der Waals surface area contributed by atoms with Crippen molar-refractivity contribution in [3.05, 3.63) is 66.7 Å². The van der Waals surface area contributed by atoms with Crippen molar-refractivity contribution in [3.63, 3.8) is 0 Å². The lowest BCUT2D eigenvalue weighted by molar-refractivity contribution is -0.117. The Morgan fingerprint density at radius 3 is 2.62 bits per heavy atom. The summed E-state index contributed by atoms with van der Waals surface area (Å²) in [5.41, 5.74) is 1.79. The smallest absolute Gasteiger partial charge is 0.262 e. The zero-order chi connectivity index (χ0) is 20.8. The molecule has 0 aromatic heterocycles. The Morgan fingerprint density at radius 2 is 1.97 bits per heavy atom. The Balaban J connectivity index is 1.67. The van der Waals surface area contributed by atoms with E-state index in [9.17, 15) is 10.1 Å². The maximum Gasteiger partial charge on any atom is 0.262 e. The zero-order valence-electron chi connectivity index (χ0n) is 15.6. The van der Waals surface area contributed by atoms with Gasteiger partial charge in [0, 0.05) is 6.04 Å². The number of amides is 1. The first-order chi connectivity index (χ1) is 14.0. The summed E-state index contributed by atoms with van der Waals surface area (Å²) in [6.07, 6.45) is 5.81. The van der Waals surface area contributed by atoms with Gasteiger partial charge in [0.25, 0.3) is 5.91 Å². The Bertz CT molecular complexity index is 979. The monoisotopic (exact) mass is 540 g/mol. The molecular formula is C22H19Cl2IN2O2. The van der Waals surface area contributed by atoms with Crippen molar-refractivity contribution >= 4 is 57.8 Å². The third-order valence-corrected chi connectivity index (χ3v) is 6.28. The molecule has 1 aliphatic carbocycles. The Kier molecular flexibility index (Phi) is 7.82. The van der Waals surface area contributed by atoms with Gasteiger partial charge in [-0.05, 0) is 76.9 Å². The molecule has 1 N–H and O–H groups in total. The van der Waals surface area contributed by atoms with E-state index in [4.69, 9.17) is 27.9 Å². The maximum absolute atomic E-state index is 12.3. The first-order valence-electron chi connectivity index (χ1n) is 9.25. The first-order valence-corrected chi connectivity index (χ1v) is 11.1. The predicted octanol–water partition coefficient (Wildman–Crippen LogP) is 6.14. The summed E-state index contributed by atoms with van der Waals surface area (Å²) in [6.45, 7) is 0.356. The highest BCUT2D eigenvalue weighted by atomic mass is 127. The van der Waals surface area contributed by atoms with E-state index in [2.05, 4.69) is 27.9 Å².